The maximum absolute atomic E-state index is 13.0. The Morgan fingerprint density at radius 2 is 1.89 bits per heavy atom. The lowest BCUT2D eigenvalue weighted by Crippen LogP contribution is -2.16. The van der Waals surface area contributed by atoms with Gasteiger partial charge in [0.05, 0.1) is 36.6 Å². The molecule has 2 aromatic heterocycles. The number of rotatable bonds is 4. The van der Waals surface area contributed by atoms with Crippen LogP contribution in [0.1, 0.15) is 11.5 Å². The molecule has 3 aromatic rings. The van der Waals surface area contributed by atoms with Crippen LogP contribution in [0.5, 0.6) is 0 Å². The Morgan fingerprint density at radius 1 is 1.00 bits per heavy atom. The summed E-state index contributed by atoms with van der Waals surface area (Å²) in [4.78, 5) is 21.0. The Morgan fingerprint density at radius 3 is 2.63 bits per heavy atom. The van der Waals surface area contributed by atoms with E-state index in [1.165, 1.54) is 0 Å². The fourth-order valence-corrected chi connectivity index (χ4v) is 3.18. The summed E-state index contributed by atoms with van der Waals surface area (Å²) in [5.74, 6) is 1.26. The van der Waals surface area contributed by atoms with Crippen molar-refractivity contribution in [3.8, 4) is 28.3 Å². The van der Waals surface area contributed by atoms with Crippen LogP contribution in [0.15, 0.2) is 87.1 Å². The average molecular weight is 357 g/mol. The lowest BCUT2D eigenvalue weighted by Gasteiger charge is -2.12. The first kappa shape index (κ1) is 15.5. The highest BCUT2D eigenvalue weighted by atomic mass is 16.3. The van der Waals surface area contributed by atoms with Crippen molar-refractivity contribution < 1.29 is 8.83 Å². The molecule has 0 amide bonds. The molecule has 1 aromatic carbocycles. The number of imidazole rings is 1. The summed E-state index contributed by atoms with van der Waals surface area (Å²) in [6.45, 7) is 0. The third-order valence-electron chi connectivity index (χ3n) is 4.49. The number of nitrogens with one attached hydrogen (secondary N) is 1. The number of furan rings is 2. The molecule has 0 fully saturated rings. The molecule has 0 radical (unpaired) electrons. The van der Waals surface area contributed by atoms with Gasteiger partial charge in [-0.25, -0.2) is 4.98 Å². The topological polar surface area (TPSA) is 77.0 Å². The van der Waals surface area contributed by atoms with Gasteiger partial charge in [0.25, 0.3) is 5.56 Å². The summed E-state index contributed by atoms with van der Waals surface area (Å²) in [6, 6.07) is 15.3. The lowest BCUT2D eigenvalue weighted by atomic mass is 10.1. The van der Waals surface area contributed by atoms with Crippen molar-refractivity contribution >= 4 is 0 Å². The van der Waals surface area contributed by atoms with E-state index in [1.807, 2.05) is 42.5 Å². The molecule has 0 bridgehead atoms. The molecule has 0 atom stereocenters. The largest absolute Gasteiger partial charge is 0.472 e. The van der Waals surface area contributed by atoms with Crippen LogP contribution in [0, 0.1) is 0 Å². The molecule has 0 spiro atoms. The highest BCUT2D eigenvalue weighted by molar-refractivity contribution is 5.71. The molecule has 4 heterocycles. The zero-order valence-corrected chi connectivity index (χ0v) is 14.3. The molecule has 132 valence electrons. The van der Waals surface area contributed by atoms with Gasteiger partial charge in [-0.05, 0) is 23.8 Å². The maximum atomic E-state index is 13.0. The molecule has 2 aliphatic heterocycles. The third-order valence-corrected chi connectivity index (χ3v) is 4.49. The second-order valence-electron chi connectivity index (χ2n) is 6.23. The Kier molecular flexibility index (Phi) is 3.53. The minimum Gasteiger partial charge on any atom is -0.472 e. The minimum absolute atomic E-state index is 0.155. The average Bonchev–Trinajstić information content (AvgIpc) is 3.46. The summed E-state index contributed by atoms with van der Waals surface area (Å²) in [7, 11) is 0. The quantitative estimate of drug-likeness (QED) is 0.525. The number of hydrogen-bond donors (Lipinski definition) is 1. The van der Waals surface area contributed by atoms with Crippen molar-refractivity contribution in [3.63, 3.8) is 0 Å². The van der Waals surface area contributed by atoms with Crippen LogP contribution in [0.25, 0.3) is 28.3 Å². The van der Waals surface area contributed by atoms with Gasteiger partial charge in [0.2, 0.25) is 0 Å². The first-order valence-corrected chi connectivity index (χ1v) is 8.54. The molecule has 6 nitrogen and oxygen atoms in total. The summed E-state index contributed by atoms with van der Waals surface area (Å²) >= 11 is 0. The van der Waals surface area contributed by atoms with Gasteiger partial charge in [0, 0.05) is 11.8 Å². The van der Waals surface area contributed by atoms with Crippen molar-refractivity contribution in [2.45, 2.75) is 6.42 Å². The SMILES string of the molecule is O=c1c(Cc2ccco2)nc2c(-c3ccoc3)[nH]c(-c3ccccc3)cn1-2. The summed E-state index contributed by atoms with van der Waals surface area (Å²) in [5, 5.41) is 0. The molecule has 1 N–H and O–H groups in total. The highest BCUT2D eigenvalue weighted by Gasteiger charge is 2.22. The van der Waals surface area contributed by atoms with Gasteiger partial charge in [0.15, 0.2) is 5.82 Å². The van der Waals surface area contributed by atoms with E-state index >= 15 is 0 Å². The van der Waals surface area contributed by atoms with Crippen LogP contribution in [-0.2, 0) is 6.42 Å². The van der Waals surface area contributed by atoms with Crippen LogP contribution in [0.2, 0.25) is 0 Å². The number of aromatic nitrogens is 3. The third kappa shape index (κ3) is 2.67. The number of nitrogens with zero attached hydrogens (tertiary/aromatic N) is 2. The first-order valence-electron chi connectivity index (χ1n) is 8.54. The van der Waals surface area contributed by atoms with Crippen molar-refractivity contribution in [1.29, 1.82) is 0 Å². The van der Waals surface area contributed by atoms with Gasteiger partial charge in [-0.1, -0.05) is 30.3 Å². The van der Waals surface area contributed by atoms with Crippen LogP contribution < -0.4 is 5.56 Å². The Hall–Kier alpha value is -3.80. The number of H-pyrrole nitrogens is 1. The summed E-state index contributed by atoms with van der Waals surface area (Å²) < 4.78 is 12.2. The van der Waals surface area contributed by atoms with Gasteiger partial charge in [-0.15, -0.1) is 0 Å². The van der Waals surface area contributed by atoms with Gasteiger partial charge in [-0.2, -0.15) is 0 Å². The van der Waals surface area contributed by atoms with E-state index in [9.17, 15) is 4.79 Å². The molecule has 27 heavy (non-hydrogen) atoms. The van der Waals surface area contributed by atoms with Crippen LogP contribution in [0.3, 0.4) is 0 Å². The molecular formula is C21H15N3O3. The normalized spacial score (nSPS) is 11.3. The predicted octanol–water partition coefficient (Wildman–Crippen LogP) is 4.11. The lowest BCUT2D eigenvalue weighted by molar-refractivity contribution is 0.519. The number of hydrogen-bond acceptors (Lipinski definition) is 4. The Balaban J connectivity index is 1.74. The van der Waals surface area contributed by atoms with E-state index in [1.54, 1.807) is 35.6 Å². The predicted molar refractivity (Wildman–Crippen MR) is 100 cm³/mol. The van der Waals surface area contributed by atoms with E-state index < -0.39 is 0 Å². The van der Waals surface area contributed by atoms with Gasteiger partial charge in [-0.3, -0.25) is 9.36 Å². The van der Waals surface area contributed by atoms with Gasteiger partial charge < -0.3 is 13.8 Å². The number of benzene rings is 1. The standard InChI is InChI=1S/C21H15N3O3/c25-21-17(11-16-7-4-9-27-16)23-20-19(15-8-10-26-13-15)22-18(12-24(20)21)14-5-2-1-3-6-14/h1-10,12-13,22H,11H2. The van der Waals surface area contributed by atoms with Crippen LogP contribution in [0.4, 0.5) is 0 Å². The minimum atomic E-state index is -0.155. The molecule has 0 saturated carbocycles. The monoisotopic (exact) mass is 357 g/mol. The van der Waals surface area contributed by atoms with Gasteiger partial charge in [0.1, 0.15) is 11.5 Å². The van der Waals surface area contributed by atoms with Crippen molar-refractivity contribution in [2.24, 2.45) is 0 Å². The Bertz CT molecular complexity index is 1200. The molecular weight excluding hydrogens is 342 g/mol. The molecule has 2 aliphatic rings. The fraction of sp³-hybridized carbons (Fsp3) is 0.0476. The fourth-order valence-electron chi connectivity index (χ4n) is 3.18. The smallest absolute Gasteiger partial charge is 0.278 e. The summed E-state index contributed by atoms with van der Waals surface area (Å²) in [5.41, 5.74) is 3.63. The van der Waals surface area contributed by atoms with E-state index in [4.69, 9.17) is 8.83 Å². The first-order chi connectivity index (χ1) is 13.3. The number of aromatic amines is 1. The Labute approximate surface area is 154 Å². The van der Waals surface area contributed by atoms with Crippen LogP contribution in [-0.4, -0.2) is 14.5 Å². The van der Waals surface area contributed by atoms with E-state index in [-0.39, 0.29) is 5.56 Å². The molecule has 0 saturated heterocycles. The van der Waals surface area contributed by atoms with E-state index in [2.05, 4.69) is 9.97 Å². The second-order valence-corrected chi connectivity index (χ2v) is 6.23. The maximum Gasteiger partial charge on any atom is 0.278 e. The van der Waals surface area contributed by atoms with Crippen molar-refractivity contribution in [2.75, 3.05) is 0 Å². The second kappa shape index (κ2) is 6.17. The van der Waals surface area contributed by atoms with Gasteiger partial charge >= 0.3 is 0 Å². The summed E-state index contributed by atoms with van der Waals surface area (Å²) in [6.07, 6.45) is 6.95. The van der Waals surface area contributed by atoms with Crippen molar-refractivity contribution in [3.05, 3.63) is 95.3 Å². The van der Waals surface area contributed by atoms with E-state index in [0.29, 0.717) is 23.7 Å². The van der Waals surface area contributed by atoms with Crippen LogP contribution >= 0.6 is 0 Å². The van der Waals surface area contributed by atoms with Crippen molar-refractivity contribution in [1.82, 2.24) is 14.5 Å². The zero-order valence-electron chi connectivity index (χ0n) is 14.3. The molecule has 0 unspecified atom stereocenters. The highest BCUT2D eigenvalue weighted by Crippen LogP contribution is 2.28. The molecule has 0 aliphatic carbocycles. The number of fused-ring (bicyclic) bond motifs is 1. The van der Waals surface area contributed by atoms with E-state index in [0.717, 1.165) is 22.5 Å². The molecule has 6 heteroatoms. The zero-order chi connectivity index (χ0) is 18.2. The molecule has 5 rings (SSSR count).